The van der Waals surface area contributed by atoms with E-state index in [1.54, 1.807) is 6.20 Å². The van der Waals surface area contributed by atoms with Gasteiger partial charge in [-0.3, -0.25) is 9.78 Å². The third-order valence-corrected chi connectivity index (χ3v) is 3.29. The van der Waals surface area contributed by atoms with Crippen LogP contribution in [0.25, 0.3) is 10.9 Å². The molecule has 106 valence electrons. The Labute approximate surface area is 121 Å². The van der Waals surface area contributed by atoms with Crippen molar-refractivity contribution in [3.05, 3.63) is 58.8 Å². The molecule has 1 aromatic carbocycles. The topological polar surface area (TPSA) is 96.7 Å². The lowest BCUT2D eigenvalue weighted by Gasteiger charge is -2.08. The van der Waals surface area contributed by atoms with Crippen LogP contribution >= 0.6 is 0 Å². The summed E-state index contributed by atoms with van der Waals surface area (Å²) < 4.78 is 0. The van der Waals surface area contributed by atoms with E-state index in [2.05, 4.69) is 20.3 Å². The van der Waals surface area contributed by atoms with Crippen molar-refractivity contribution in [3.8, 4) is 0 Å². The van der Waals surface area contributed by atoms with Crippen LogP contribution in [0, 0.1) is 0 Å². The van der Waals surface area contributed by atoms with Crippen molar-refractivity contribution < 1.29 is 0 Å². The third-order valence-electron chi connectivity index (χ3n) is 3.29. The highest BCUT2D eigenvalue weighted by Gasteiger charge is 2.05. The number of benzene rings is 1. The molecule has 0 aliphatic carbocycles. The van der Waals surface area contributed by atoms with Gasteiger partial charge < -0.3 is 16.0 Å². The molecule has 0 fully saturated rings. The van der Waals surface area contributed by atoms with E-state index in [-0.39, 0.29) is 11.2 Å². The molecule has 21 heavy (non-hydrogen) atoms. The Kier molecular flexibility index (Phi) is 3.51. The summed E-state index contributed by atoms with van der Waals surface area (Å²) in [5, 5.41) is 4.20. The first-order valence-electron chi connectivity index (χ1n) is 6.65. The Morgan fingerprint density at radius 2 is 2.05 bits per heavy atom. The Balaban J connectivity index is 1.75. The first-order valence-corrected chi connectivity index (χ1v) is 6.65. The maximum Gasteiger partial charge on any atom is 0.276 e. The van der Waals surface area contributed by atoms with Crippen LogP contribution < -0.4 is 16.6 Å². The van der Waals surface area contributed by atoms with E-state index in [1.807, 2.05) is 30.3 Å². The van der Waals surface area contributed by atoms with E-state index in [9.17, 15) is 4.79 Å². The number of aromatic nitrogens is 3. The van der Waals surface area contributed by atoms with Gasteiger partial charge in [-0.25, -0.2) is 4.98 Å². The lowest BCUT2D eigenvalue weighted by atomic mass is 10.1. The predicted molar refractivity (Wildman–Crippen MR) is 83.2 cm³/mol. The number of hydrogen-bond donors (Lipinski definition) is 3. The van der Waals surface area contributed by atoms with Gasteiger partial charge in [0.05, 0.1) is 11.8 Å². The van der Waals surface area contributed by atoms with Gasteiger partial charge >= 0.3 is 0 Å². The van der Waals surface area contributed by atoms with Gasteiger partial charge in [-0.15, -0.1) is 0 Å². The van der Waals surface area contributed by atoms with Crippen molar-refractivity contribution in [1.29, 1.82) is 0 Å². The van der Waals surface area contributed by atoms with Crippen molar-refractivity contribution in [2.75, 3.05) is 17.6 Å². The molecule has 0 saturated carbocycles. The number of pyridine rings is 1. The minimum Gasteiger partial charge on any atom is -0.391 e. The largest absolute Gasteiger partial charge is 0.391 e. The van der Waals surface area contributed by atoms with Crippen LogP contribution in [0.3, 0.4) is 0 Å². The number of aromatic amines is 1. The Hall–Kier alpha value is -2.89. The van der Waals surface area contributed by atoms with Crippen molar-refractivity contribution in [2.45, 2.75) is 6.42 Å². The van der Waals surface area contributed by atoms with E-state index in [1.165, 1.54) is 6.33 Å². The summed E-state index contributed by atoms with van der Waals surface area (Å²) >= 11 is 0. The molecule has 3 aromatic rings. The van der Waals surface area contributed by atoms with Crippen LogP contribution in [0.2, 0.25) is 0 Å². The van der Waals surface area contributed by atoms with Crippen LogP contribution in [0.1, 0.15) is 5.56 Å². The molecule has 0 atom stereocenters. The highest BCUT2D eigenvalue weighted by molar-refractivity contribution is 5.81. The zero-order chi connectivity index (χ0) is 14.7. The second kappa shape index (κ2) is 5.62. The molecular weight excluding hydrogens is 266 g/mol. The number of H-pyrrole nitrogens is 1. The summed E-state index contributed by atoms with van der Waals surface area (Å²) in [4.78, 5) is 22.2. The fourth-order valence-electron chi connectivity index (χ4n) is 2.24. The molecule has 3 rings (SSSR count). The second-order valence-electron chi connectivity index (χ2n) is 4.66. The molecule has 0 aliphatic heterocycles. The summed E-state index contributed by atoms with van der Waals surface area (Å²) in [7, 11) is 0. The van der Waals surface area contributed by atoms with Gasteiger partial charge in [-0.2, -0.15) is 0 Å². The first-order chi connectivity index (χ1) is 10.3. The molecule has 0 saturated heterocycles. The number of fused-ring (bicyclic) bond motifs is 1. The summed E-state index contributed by atoms with van der Waals surface area (Å²) in [5.74, 6) is 0.409. The van der Waals surface area contributed by atoms with Crippen LogP contribution in [-0.4, -0.2) is 21.5 Å². The van der Waals surface area contributed by atoms with Gasteiger partial charge in [0.15, 0.2) is 5.82 Å². The Morgan fingerprint density at radius 1 is 1.19 bits per heavy atom. The van der Waals surface area contributed by atoms with Crippen LogP contribution in [0.15, 0.2) is 47.7 Å². The summed E-state index contributed by atoms with van der Waals surface area (Å²) in [6.07, 6.45) is 3.89. The van der Waals surface area contributed by atoms with Gasteiger partial charge in [0, 0.05) is 18.1 Å². The molecule has 2 aromatic heterocycles. The normalized spacial score (nSPS) is 10.7. The summed E-state index contributed by atoms with van der Waals surface area (Å²) in [6, 6.07) is 10.1. The number of nitrogens with two attached hydrogens (primary N) is 1. The summed E-state index contributed by atoms with van der Waals surface area (Å²) in [5.41, 5.74) is 7.58. The van der Waals surface area contributed by atoms with Crippen molar-refractivity contribution >= 4 is 22.4 Å². The van der Waals surface area contributed by atoms with Gasteiger partial charge in [-0.1, -0.05) is 24.3 Å². The van der Waals surface area contributed by atoms with Crippen LogP contribution in [-0.2, 0) is 6.42 Å². The molecule has 0 radical (unpaired) electrons. The Bertz CT molecular complexity index is 822. The van der Waals surface area contributed by atoms with Crippen molar-refractivity contribution in [3.63, 3.8) is 0 Å². The molecule has 2 heterocycles. The van der Waals surface area contributed by atoms with Gasteiger partial charge in [0.2, 0.25) is 0 Å². The number of rotatable bonds is 4. The number of hydrogen-bond acceptors (Lipinski definition) is 5. The molecule has 0 spiro atoms. The van der Waals surface area contributed by atoms with Crippen LogP contribution in [0.5, 0.6) is 0 Å². The molecule has 0 aliphatic rings. The highest BCUT2D eigenvalue weighted by Crippen LogP contribution is 2.16. The van der Waals surface area contributed by atoms with Crippen LogP contribution in [0.4, 0.5) is 11.5 Å². The van der Waals surface area contributed by atoms with E-state index in [4.69, 9.17) is 5.73 Å². The zero-order valence-corrected chi connectivity index (χ0v) is 11.3. The molecule has 6 nitrogen and oxygen atoms in total. The molecule has 6 heteroatoms. The molecule has 0 unspecified atom stereocenters. The number of nitrogen functional groups attached to an aromatic ring is 1. The Morgan fingerprint density at radius 3 is 2.95 bits per heavy atom. The second-order valence-corrected chi connectivity index (χ2v) is 4.66. The number of nitrogens with zero attached hydrogens (tertiary/aromatic N) is 2. The number of anilines is 2. The summed E-state index contributed by atoms with van der Waals surface area (Å²) in [6.45, 7) is 0.621. The molecule has 4 N–H and O–H groups in total. The lowest BCUT2D eigenvalue weighted by Crippen LogP contribution is -2.17. The smallest absolute Gasteiger partial charge is 0.276 e. The maximum atomic E-state index is 11.4. The average Bonchev–Trinajstić information content (AvgIpc) is 2.52. The molecule has 0 bridgehead atoms. The average molecular weight is 281 g/mol. The van der Waals surface area contributed by atoms with E-state index < -0.39 is 0 Å². The highest BCUT2D eigenvalue weighted by atomic mass is 16.1. The lowest BCUT2D eigenvalue weighted by molar-refractivity contribution is 1.00. The van der Waals surface area contributed by atoms with E-state index in [0.29, 0.717) is 12.4 Å². The fourth-order valence-corrected chi connectivity index (χ4v) is 2.24. The van der Waals surface area contributed by atoms with E-state index >= 15 is 0 Å². The van der Waals surface area contributed by atoms with E-state index in [0.717, 1.165) is 22.9 Å². The van der Waals surface area contributed by atoms with Crippen molar-refractivity contribution in [1.82, 2.24) is 15.0 Å². The zero-order valence-electron chi connectivity index (χ0n) is 11.3. The SMILES string of the molecule is Nc1c(NCCc2cccc3cccnc23)nc[nH]c1=O. The number of para-hydroxylation sites is 1. The molecule has 0 amide bonds. The fraction of sp³-hybridized carbons (Fsp3) is 0.133. The first kappa shape index (κ1) is 13.1. The minimum absolute atomic E-state index is 0.105. The van der Waals surface area contributed by atoms with Crippen molar-refractivity contribution in [2.24, 2.45) is 0 Å². The van der Waals surface area contributed by atoms with Gasteiger partial charge in [-0.05, 0) is 18.1 Å². The standard InChI is InChI=1S/C15H15N5O/c16-12-14(19-9-20-15(12)21)18-8-6-11-4-1-3-10-5-2-7-17-13(10)11/h1-5,7,9H,6,8,16H2,(H2,18,19,20,21). The molecular formula is C15H15N5O. The third kappa shape index (κ3) is 2.69. The number of nitrogens with one attached hydrogen (secondary N) is 2. The van der Waals surface area contributed by atoms with Gasteiger partial charge in [0.25, 0.3) is 5.56 Å². The van der Waals surface area contributed by atoms with Gasteiger partial charge in [0.1, 0.15) is 5.69 Å². The maximum absolute atomic E-state index is 11.4. The monoisotopic (exact) mass is 281 g/mol. The quantitative estimate of drug-likeness (QED) is 0.674. The predicted octanol–water partition coefficient (Wildman–Crippen LogP) is 1.55. The minimum atomic E-state index is -0.334.